The van der Waals surface area contributed by atoms with E-state index >= 15 is 0 Å². The molecule has 0 aromatic heterocycles. The fourth-order valence-electron chi connectivity index (χ4n) is 3.46. The molecule has 2 N–H and O–H groups in total. The number of allylic oxidation sites excluding steroid dienone is 5. The number of carbonyl (C=O) groups excluding carboxylic acids is 1. The van der Waals surface area contributed by atoms with Crippen LogP contribution in [0.25, 0.3) is 0 Å². The van der Waals surface area contributed by atoms with Crippen LogP contribution >= 0.6 is 0 Å². The smallest absolute Gasteiger partial charge is 0.270 e. The third-order valence-electron chi connectivity index (χ3n) is 5.46. The second-order valence-electron chi connectivity index (χ2n) is 9.04. The summed E-state index contributed by atoms with van der Waals surface area (Å²) in [6, 6.07) is 11.1. The molecule has 5 heteroatoms. The van der Waals surface area contributed by atoms with Gasteiger partial charge in [0.25, 0.3) is 5.92 Å². The van der Waals surface area contributed by atoms with Crippen molar-refractivity contribution >= 4 is 5.78 Å². The van der Waals surface area contributed by atoms with Crippen molar-refractivity contribution in [3.8, 4) is 11.5 Å². The van der Waals surface area contributed by atoms with Crippen LogP contribution in [0.3, 0.4) is 0 Å². The van der Waals surface area contributed by atoms with Gasteiger partial charge in [0, 0.05) is 23.7 Å². The molecular weight excluding hydrogens is 456 g/mol. The number of Topliss-reactive ketones (excluding diaryl/α,β-unsaturated/α-hetero) is 1. The second-order valence-corrected chi connectivity index (χ2v) is 9.04. The Labute approximate surface area is 215 Å². The van der Waals surface area contributed by atoms with Crippen LogP contribution in [0.4, 0.5) is 8.78 Å². The predicted molar refractivity (Wildman–Crippen MR) is 147 cm³/mol. The van der Waals surface area contributed by atoms with Gasteiger partial charge in [0.1, 0.15) is 11.5 Å². The van der Waals surface area contributed by atoms with Crippen LogP contribution in [-0.4, -0.2) is 5.78 Å². The molecule has 196 valence electrons. The Morgan fingerprint density at radius 2 is 1.69 bits per heavy atom. The number of hydrogen-bond donors (Lipinski definition) is 1. The molecule has 0 aliphatic rings. The van der Waals surface area contributed by atoms with Crippen LogP contribution in [0.15, 0.2) is 78.0 Å². The van der Waals surface area contributed by atoms with E-state index in [2.05, 4.69) is 39.8 Å². The highest BCUT2D eigenvalue weighted by Gasteiger charge is 2.23. The quantitative estimate of drug-likeness (QED) is 0.263. The van der Waals surface area contributed by atoms with Crippen molar-refractivity contribution in [3.63, 3.8) is 0 Å². The summed E-state index contributed by atoms with van der Waals surface area (Å²) in [7, 11) is 0. The van der Waals surface area contributed by atoms with Crippen molar-refractivity contribution in [2.75, 3.05) is 0 Å². The fraction of sp³-hybridized carbons (Fsp3) is 0.387. The average molecular weight is 498 g/mol. The topological polar surface area (TPSA) is 52.3 Å². The van der Waals surface area contributed by atoms with E-state index in [1.165, 1.54) is 36.8 Å². The monoisotopic (exact) mass is 497 g/mol. The van der Waals surface area contributed by atoms with Crippen molar-refractivity contribution in [2.45, 2.75) is 73.7 Å². The molecule has 0 aliphatic heterocycles. The number of ketones is 1. The van der Waals surface area contributed by atoms with Crippen molar-refractivity contribution in [3.05, 3.63) is 94.7 Å². The number of hydrogen-bond acceptors (Lipinski definition) is 3. The lowest BCUT2D eigenvalue weighted by Crippen LogP contribution is -2.06. The van der Waals surface area contributed by atoms with Crippen LogP contribution in [-0.2, 0) is 12.3 Å². The Bertz CT molecular complexity index is 1060. The molecule has 0 aliphatic carbocycles. The molecular formula is C31H41F2NO2. The first kappa shape index (κ1) is 30.8. The number of aryl methyl sites for hydroxylation is 1. The SMILES string of the molecule is CCCc1ccc(Oc2ccc(C(C)(F)F)cc2)cc1C(C)=O.C\C=C(/C=C(N)\C=C\CC)C(C)C. The van der Waals surface area contributed by atoms with Gasteiger partial charge in [0.05, 0.1) is 0 Å². The fourth-order valence-corrected chi connectivity index (χ4v) is 3.46. The molecule has 0 spiro atoms. The third kappa shape index (κ3) is 10.6. The van der Waals surface area contributed by atoms with Crippen LogP contribution in [0.1, 0.15) is 82.8 Å². The number of rotatable bonds is 10. The molecule has 2 rings (SSSR count). The number of carbonyl (C=O) groups is 1. The third-order valence-corrected chi connectivity index (χ3v) is 5.46. The van der Waals surface area contributed by atoms with Crippen LogP contribution in [0.5, 0.6) is 11.5 Å². The first-order valence-corrected chi connectivity index (χ1v) is 12.5. The van der Waals surface area contributed by atoms with Crippen molar-refractivity contribution in [1.82, 2.24) is 0 Å². The van der Waals surface area contributed by atoms with Crippen LogP contribution in [0, 0.1) is 5.92 Å². The summed E-state index contributed by atoms with van der Waals surface area (Å²) in [6.45, 7) is 12.9. The highest BCUT2D eigenvalue weighted by atomic mass is 19.3. The maximum absolute atomic E-state index is 13.2. The minimum atomic E-state index is -2.87. The predicted octanol–water partition coefficient (Wildman–Crippen LogP) is 9.14. The van der Waals surface area contributed by atoms with E-state index in [0.717, 1.165) is 37.4 Å². The van der Waals surface area contributed by atoms with E-state index in [4.69, 9.17) is 10.5 Å². The zero-order valence-electron chi connectivity index (χ0n) is 22.7. The maximum Gasteiger partial charge on any atom is 0.270 e. The van der Waals surface area contributed by atoms with Gasteiger partial charge in [-0.15, -0.1) is 0 Å². The Balaban J connectivity index is 0.000000426. The summed E-state index contributed by atoms with van der Waals surface area (Å²) < 4.78 is 32.1. The Kier molecular flexibility index (Phi) is 12.9. The Morgan fingerprint density at radius 1 is 1.08 bits per heavy atom. The first-order valence-electron chi connectivity index (χ1n) is 12.5. The van der Waals surface area contributed by atoms with Gasteiger partial charge in [-0.3, -0.25) is 4.79 Å². The van der Waals surface area contributed by atoms with Gasteiger partial charge in [-0.05, 0) is 92.3 Å². The van der Waals surface area contributed by atoms with Crippen LogP contribution < -0.4 is 10.5 Å². The molecule has 36 heavy (non-hydrogen) atoms. The summed E-state index contributed by atoms with van der Waals surface area (Å²) >= 11 is 0. The summed E-state index contributed by atoms with van der Waals surface area (Å²) in [5.74, 6) is -1.37. The molecule has 2 aromatic carbocycles. The molecule has 0 bridgehead atoms. The molecule has 2 aromatic rings. The Hall–Kier alpha value is -3.21. The zero-order valence-corrected chi connectivity index (χ0v) is 22.7. The second kappa shape index (κ2) is 15.0. The minimum Gasteiger partial charge on any atom is -0.457 e. The largest absolute Gasteiger partial charge is 0.457 e. The van der Waals surface area contributed by atoms with Crippen molar-refractivity contribution in [1.29, 1.82) is 0 Å². The van der Waals surface area contributed by atoms with Gasteiger partial charge in [-0.2, -0.15) is 0 Å². The van der Waals surface area contributed by atoms with Crippen molar-refractivity contribution < 1.29 is 18.3 Å². The highest BCUT2D eigenvalue weighted by Crippen LogP contribution is 2.30. The van der Waals surface area contributed by atoms with Gasteiger partial charge in [-0.1, -0.05) is 52.3 Å². The Morgan fingerprint density at radius 3 is 2.17 bits per heavy atom. The summed E-state index contributed by atoms with van der Waals surface area (Å²) in [5.41, 5.74) is 9.51. The van der Waals surface area contributed by atoms with Gasteiger partial charge in [0.2, 0.25) is 0 Å². The summed E-state index contributed by atoms with van der Waals surface area (Å²) in [6.07, 6.45) is 11.0. The normalized spacial score (nSPS) is 12.5. The van der Waals surface area contributed by atoms with Gasteiger partial charge < -0.3 is 10.5 Å². The molecule has 0 saturated carbocycles. The van der Waals surface area contributed by atoms with Gasteiger partial charge in [0.15, 0.2) is 5.78 Å². The lowest BCUT2D eigenvalue weighted by Gasteiger charge is -2.13. The highest BCUT2D eigenvalue weighted by molar-refractivity contribution is 5.96. The molecule has 0 heterocycles. The first-order chi connectivity index (χ1) is 16.9. The van der Waals surface area contributed by atoms with Crippen LogP contribution in [0.2, 0.25) is 0 Å². The van der Waals surface area contributed by atoms with E-state index in [-0.39, 0.29) is 11.3 Å². The summed E-state index contributed by atoms with van der Waals surface area (Å²) in [4.78, 5) is 11.8. The number of alkyl halides is 2. The molecule has 0 saturated heterocycles. The molecule has 0 unspecified atom stereocenters. The van der Waals surface area contributed by atoms with Gasteiger partial charge in [-0.25, -0.2) is 8.78 Å². The van der Waals surface area contributed by atoms with E-state index < -0.39 is 5.92 Å². The van der Waals surface area contributed by atoms with E-state index in [1.54, 1.807) is 12.1 Å². The van der Waals surface area contributed by atoms with Gasteiger partial charge >= 0.3 is 0 Å². The van der Waals surface area contributed by atoms with E-state index in [9.17, 15) is 13.6 Å². The van der Waals surface area contributed by atoms with E-state index in [0.29, 0.717) is 23.0 Å². The number of nitrogens with two attached hydrogens (primary N) is 1. The summed E-state index contributed by atoms with van der Waals surface area (Å²) in [5, 5.41) is 0. The van der Waals surface area contributed by atoms with E-state index in [1.807, 2.05) is 25.1 Å². The lowest BCUT2D eigenvalue weighted by molar-refractivity contribution is 0.0174. The zero-order chi connectivity index (χ0) is 27.3. The average Bonchev–Trinajstić information content (AvgIpc) is 2.82. The number of benzene rings is 2. The standard InChI is InChI=1S/C19H20F2O2.C12H21N/c1-4-5-14-6-9-17(12-18(14)13(2)22)23-16-10-7-15(8-11-16)19(3,20)21;1-5-7-8-12(13)9-11(6-2)10(3)4/h6-12H,4-5H2,1-3H3;6-10H,5,13H2,1-4H3/b;8-7+,11-6+,12-9+. The maximum atomic E-state index is 13.2. The molecule has 0 radical (unpaired) electrons. The number of ether oxygens (including phenoxy) is 1. The molecule has 0 atom stereocenters. The number of halogens is 2. The van der Waals surface area contributed by atoms with Crippen molar-refractivity contribution in [2.24, 2.45) is 11.7 Å². The minimum absolute atomic E-state index is 0.0140. The lowest BCUT2D eigenvalue weighted by atomic mass is 10.0. The molecule has 0 amide bonds. The molecule has 0 fully saturated rings. The molecule has 3 nitrogen and oxygen atoms in total.